The molecule has 1 fully saturated rings. The molecule has 1 aliphatic carbocycles. The summed E-state index contributed by atoms with van der Waals surface area (Å²) in [7, 11) is 1.70. The maximum atomic E-state index is 11.9. The van der Waals surface area contributed by atoms with Crippen LogP contribution in [0.15, 0.2) is 76.0 Å². The fraction of sp³-hybridized carbons (Fsp3) is 0.174. The van der Waals surface area contributed by atoms with E-state index in [2.05, 4.69) is 43.8 Å². The SMILES string of the molecule is C=Cn1nc(-c2c[nH]c(=O)[nH]c2=O)cc(C2CC2)c1=NC.c1ccc2ncccc2c1. The van der Waals surface area contributed by atoms with E-state index in [1.165, 1.54) is 11.6 Å². The molecular weight excluding hydrogens is 392 g/mol. The molecule has 0 bridgehead atoms. The average molecular weight is 414 g/mol. The number of fused-ring (bicyclic) bond motifs is 1. The van der Waals surface area contributed by atoms with Gasteiger partial charge in [0.1, 0.15) is 0 Å². The molecule has 8 heteroatoms. The van der Waals surface area contributed by atoms with Crippen LogP contribution in [0.5, 0.6) is 0 Å². The van der Waals surface area contributed by atoms with Gasteiger partial charge in [-0.05, 0) is 37.0 Å². The van der Waals surface area contributed by atoms with E-state index in [0.717, 1.165) is 29.4 Å². The molecule has 0 saturated heterocycles. The van der Waals surface area contributed by atoms with Crippen molar-refractivity contribution in [3.8, 4) is 11.3 Å². The van der Waals surface area contributed by atoms with Gasteiger partial charge in [0.05, 0.1) is 16.8 Å². The monoisotopic (exact) mass is 414 g/mol. The second-order valence-electron chi connectivity index (χ2n) is 7.12. The third-order valence-corrected chi connectivity index (χ3v) is 4.99. The molecule has 31 heavy (non-hydrogen) atoms. The molecule has 3 heterocycles. The first kappa shape index (κ1) is 20.2. The Morgan fingerprint density at radius 1 is 1.19 bits per heavy atom. The summed E-state index contributed by atoms with van der Waals surface area (Å²) in [6.45, 7) is 3.73. The standard InChI is InChI=1S/C14H15N5O2.C9H7N/c1-3-19-12(15-2)9(8-4-5-8)6-11(18-19)10-7-16-14(21)17-13(10)20;1-2-6-9-8(4-1)5-3-7-10-9/h3,6-8H,1,4-5H2,2H3,(H2,16,17,20,21);1-7H. The summed E-state index contributed by atoms with van der Waals surface area (Å²) in [5, 5.41) is 5.56. The molecule has 2 N–H and O–H groups in total. The van der Waals surface area contributed by atoms with Crippen LogP contribution in [-0.4, -0.2) is 31.8 Å². The van der Waals surface area contributed by atoms with E-state index in [9.17, 15) is 9.59 Å². The summed E-state index contributed by atoms with van der Waals surface area (Å²) in [5.74, 6) is 0.443. The molecule has 0 amide bonds. The van der Waals surface area contributed by atoms with Crippen LogP contribution in [0, 0.1) is 0 Å². The number of nitrogens with one attached hydrogen (secondary N) is 2. The topological polar surface area (TPSA) is 109 Å². The zero-order chi connectivity index (χ0) is 21.8. The van der Waals surface area contributed by atoms with Crippen molar-refractivity contribution in [2.45, 2.75) is 18.8 Å². The van der Waals surface area contributed by atoms with Crippen molar-refractivity contribution in [1.29, 1.82) is 0 Å². The van der Waals surface area contributed by atoms with E-state index in [4.69, 9.17) is 0 Å². The molecule has 1 aliphatic rings. The van der Waals surface area contributed by atoms with Gasteiger partial charge in [-0.1, -0.05) is 30.8 Å². The van der Waals surface area contributed by atoms with Crippen molar-refractivity contribution in [3.05, 3.63) is 93.3 Å². The van der Waals surface area contributed by atoms with Crippen LogP contribution >= 0.6 is 0 Å². The Kier molecular flexibility index (Phi) is 5.70. The quantitative estimate of drug-likeness (QED) is 0.537. The minimum Gasteiger partial charge on any atom is -0.313 e. The normalized spacial score (nSPS) is 13.5. The number of H-pyrrole nitrogens is 2. The lowest BCUT2D eigenvalue weighted by Crippen LogP contribution is -2.27. The minimum absolute atomic E-state index is 0.315. The number of aromatic amines is 2. The molecule has 0 spiro atoms. The molecule has 1 saturated carbocycles. The maximum Gasteiger partial charge on any atom is 0.325 e. The summed E-state index contributed by atoms with van der Waals surface area (Å²) in [6.07, 6.45) is 6.94. The predicted octanol–water partition coefficient (Wildman–Crippen LogP) is 2.67. The van der Waals surface area contributed by atoms with Crippen molar-refractivity contribution < 1.29 is 0 Å². The first-order chi connectivity index (χ1) is 15.1. The maximum absolute atomic E-state index is 11.9. The summed E-state index contributed by atoms with van der Waals surface area (Å²) in [5.41, 5.74) is 2.65. The van der Waals surface area contributed by atoms with Gasteiger partial charge >= 0.3 is 5.69 Å². The Morgan fingerprint density at radius 2 is 1.97 bits per heavy atom. The summed E-state index contributed by atoms with van der Waals surface area (Å²) < 4.78 is 1.56. The molecule has 0 aliphatic heterocycles. The van der Waals surface area contributed by atoms with Gasteiger partial charge in [0.25, 0.3) is 5.56 Å². The number of para-hydroxylation sites is 1. The highest BCUT2D eigenvalue weighted by Gasteiger charge is 2.27. The van der Waals surface area contributed by atoms with Crippen LogP contribution in [0.25, 0.3) is 28.4 Å². The minimum atomic E-state index is -0.539. The highest BCUT2D eigenvalue weighted by atomic mass is 16.2. The third kappa shape index (κ3) is 4.42. The van der Waals surface area contributed by atoms with Gasteiger partial charge in [0.15, 0.2) is 5.49 Å². The summed E-state index contributed by atoms with van der Waals surface area (Å²) >= 11 is 0. The fourth-order valence-electron chi connectivity index (χ4n) is 3.34. The van der Waals surface area contributed by atoms with E-state index in [0.29, 0.717) is 17.2 Å². The predicted molar refractivity (Wildman–Crippen MR) is 120 cm³/mol. The van der Waals surface area contributed by atoms with Gasteiger partial charge in [-0.3, -0.25) is 19.8 Å². The molecule has 0 atom stereocenters. The lowest BCUT2D eigenvalue weighted by molar-refractivity contribution is 0.799. The van der Waals surface area contributed by atoms with Crippen molar-refractivity contribution in [1.82, 2.24) is 24.7 Å². The number of pyridine rings is 1. The van der Waals surface area contributed by atoms with Gasteiger partial charge in [0, 0.05) is 36.6 Å². The lowest BCUT2D eigenvalue weighted by Gasteiger charge is -2.09. The Labute approximate surface area is 177 Å². The second kappa shape index (κ2) is 8.74. The van der Waals surface area contributed by atoms with E-state index in [1.807, 2.05) is 36.5 Å². The van der Waals surface area contributed by atoms with Gasteiger partial charge in [0.2, 0.25) is 0 Å². The van der Waals surface area contributed by atoms with Gasteiger partial charge in [-0.2, -0.15) is 5.10 Å². The highest BCUT2D eigenvalue weighted by molar-refractivity contribution is 5.77. The largest absolute Gasteiger partial charge is 0.325 e. The first-order valence-electron chi connectivity index (χ1n) is 9.92. The smallest absolute Gasteiger partial charge is 0.313 e. The van der Waals surface area contributed by atoms with Gasteiger partial charge in [-0.25, -0.2) is 9.48 Å². The van der Waals surface area contributed by atoms with Gasteiger partial charge < -0.3 is 4.98 Å². The second-order valence-corrected chi connectivity index (χ2v) is 7.12. The van der Waals surface area contributed by atoms with Crippen molar-refractivity contribution >= 4 is 17.1 Å². The zero-order valence-corrected chi connectivity index (χ0v) is 17.1. The summed E-state index contributed by atoms with van der Waals surface area (Å²) in [6, 6.07) is 13.9. The Bertz CT molecular complexity index is 1360. The fourth-order valence-corrected chi connectivity index (χ4v) is 3.34. The first-order valence-corrected chi connectivity index (χ1v) is 9.92. The number of benzene rings is 1. The van der Waals surface area contributed by atoms with E-state index < -0.39 is 11.2 Å². The average Bonchev–Trinajstić information content (AvgIpc) is 3.64. The van der Waals surface area contributed by atoms with Crippen LogP contribution in [0.4, 0.5) is 0 Å². The molecule has 8 nitrogen and oxygen atoms in total. The molecule has 4 aromatic rings. The van der Waals surface area contributed by atoms with Crippen LogP contribution in [0.2, 0.25) is 0 Å². The van der Waals surface area contributed by atoms with Gasteiger partial charge in [-0.15, -0.1) is 0 Å². The van der Waals surface area contributed by atoms with E-state index in [1.54, 1.807) is 17.9 Å². The van der Waals surface area contributed by atoms with Crippen molar-refractivity contribution in [3.63, 3.8) is 0 Å². The number of rotatable bonds is 3. The molecule has 156 valence electrons. The number of nitrogens with zero attached hydrogens (tertiary/aromatic N) is 4. The van der Waals surface area contributed by atoms with E-state index in [-0.39, 0.29) is 0 Å². The lowest BCUT2D eigenvalue weighted by atomic mass is 10.1. The number of aromatic nitrogens is 5. The molecule has 0 unspecified atom stereocenters. The Balaban J connectivity index is 0.000000192. The zero-order valence-electron chi connectivity index (χ0n) is 17.1. The molecule has 3 aromatic heterocycles. The van der Waals surface area contributed by atoms with Crippen molar-refractivity contribution in [2.75, 3.05) is 7.05 Å². The number of hydrogen-bond donors (Lipinski definition) is 2. The highest BCUT2D eigenvalue weighted by Crippen LogP contribution is 2.38. The Hall–Kier alpha value is -4.07. The molecule has 0 radical (unpaired) electrons. The van der Waals surface area contributed by atoms with E-state index >= 15 is 0 Å². The van der Waals surface area contributed by atoms with Crippen LogP contribution in [-0.2, 0) is 0 Å². The third-order valence-electron chi connectivity index (χ3n) is 4.99. The molecular formula is C23H22N6O2. The van der Waals surface area contributed by atoms with Crippen LogP contribution < -0.4 is 16.7 Å². The Morgan fingerprint density at radius 3 is 2.65 bits per heavy atom. The summed E-state index contributed by atoms with van der Waals surface area (Å²) in [4.78, 5) is 36.1. The number of hydrogen-bond acceptors (Lipinski definition) is 5. The molecule has 5 rings (SSSR count). The van der Waals surface area contributed by atoms with Crippen LogP contribution in [0.1, 0.15) is 24.3 Å². The molecule has 1 aromatic carbocycles. The van der Waals surface area contributed by atoms with Crippen molar-refractivity contribution in [2.24, 2.45) is 4.99 Å². The van der Waals surface area contributed by atoms with Crippen LogP contribution in [0.3, 0.4) is 0 Å².